The highest BCUT2D eigenvalue weighted by Gasteiger charge is 2.36. The molecule has 0 bridgehead atoms. The van der Waals surface area contributed by atoms with E-state index in [1.54, 1.807) is 22.7 Å². The van der Waals surface area contributed by atoms with Gasteiger partial charge in [-0.15, -0.1) is 0 Å². The van der Waals surface area contributed by atoms with Crippen molar-refractivity contribution in [1.82, 2.24) is 34.6 Å². The average Bonchev–Trinajstić information content (AvgIpc) is 3.82. The van der Waals surface area contributed by atoms with Crippen LogP contribution in [-0.4, -0.2) is 97.1 Å². The summed E-state index contributed by atoms with van der Waals surface area (Å²) in [4.78, 5) is 42.9. The highest BCUT2D eigenvalue weighted by molar-refractivity contribution is 5.96. The number of rotatable bonds is 11. The molecule has 276 valence electrons. The fraction of sp³-hybridized carbons (Fsp3) is 0.368. The molecule has 2 aromatic carbocycles. The summed E-state index contributed by atoms with van der Waals surface area (Å²) in [7, 11) is 2.27. The van der Waals surface area contributed by atoms with Crippen molar-refractivity contribution < 1.29 is 32.7 Å². The fourth-order valence-corrected chi connectivity index (χ4v) is 7.52. The van der Waals surface area contributed by atoms with Crippen LogP contribution in [0.3, 0.4) is 0 Å². The molecule has 1 unspecified atom stereocenters. The molecule has 0 radical (unpaired) electrons. The molecule has 0 aliphatic carbocycles. The normalized spacial score (nSPS) is 20.0. The molecule has 5 heterocycles. The maximum absolute atomic E-state index is 15.4. The lowest BCUT2D eigenvalue weighted by Crippen LogP contribution is -2.53. The summed E-state index contributed by atoms with van der Waals surface area (Å²) in [5.41, 5.74) is 2.86. The van der Waals surface area contributed by atoms with Crippen LogP contribution in [0.4, 0.5) is 25.1 Å². The van der Waals surface area contributed by atoms with Crippen molar-refractivity contribution in [3.05, 3.63) is 90.1 Å². The molecule has 2 aliphatic rings. The molecule has 3 aromatic heterocycles. The number of hydrogen-bond acceptors (Lipinski definition) is 8. The van der Waals surface area contributed by atoms with Gasteiger partial charge < -0.3 is 29.9 Å². The maximum atomic E-state index is 15.4. The lowest BCUT2D eigenvalue weighted by molar-refractivity contribution is -0.918. The lowest BCUT2D eigenvalue weighted by atomic mass is 9.93. The zero-order chi connectivity index (χ0) is 37.1. The molecule has 7 rings (SSSR count). The molecule has 1 atom stereocenters. The summed E-state index contributed by atoms with van der Waals surface area (Å²) in [6, 6.07) is 9.72. The topological polar surface area (TPSA) is 147 Å². The molecule has 15 heteroatoms. The minimum atomic E-state index is -1.18. The molecular formula is C38H42F2N9O4+. The van der Waals surface area contributed by atoms with Gasteiger partial charge in [0.05, 0.1) is 38.6 Å². The van der Waals surface area contributed by atoms with Crippen LogP contribution in [0.5, 0.6) is 11.8 Å². The van der Waals surface area contributed by atoms with Gasteiger partial charge in [-0.05, 0) is 60.7 Å². The Kier molecular flexibility index (Phi) is 10.2. The van der Waals surface area contributed by atoms with E-state index < -0.39 is 17.7 Å². The molecule has 13 nitrogen and oxygen atoms in total. The zero-order valence-corrected chi connectivity index (χ0v) is 29.6. The number of likely N-dealkylation sites (tertiary alicyclic amines) is 2. The van der Waals surface area contributed by atoms with Gasteiger partial charge in [-0.3, -0.25) is 9.20 Å². The number of ether oxygens (including phenoxy) is 1. The van der Waals surface area contributed by atoms with Gasteiger partial charge in [-0.2, -0.15) is 4.39 Å². The number of aryl methyl sites for hydroxylation is 1. The summed E-state index contributed by atoms with van der Waals surface area (Å²) >= 11 is 0. The van der Waals surface area contributed by atoms with E-state index in [0.717, 1.165) is 48.9 Å². The second-order valence-corrected chi connectivity index (χ2v) is 14.1. The number of carbonyl (C=O) groups is 2. The van der Waals surface area contributed by atoms with E-state index in [9.17, 15) is 14.7 Å². The van der Waals surface area contributed by atoms with Crippen LogP contribution in [0, 0.1) is 23.5 Å². The van der Waals surface area contributed by atoms with Crippen LogP contribution in [0.2, 0.25) is 0 Å². The minimum Gasteiger partial charge on any atom is -0.465 e. The van der Waals surface area contributed by atoms with E-state index in [4.69, 9.17) is 4.74 Å². The molecule has 5 aromatic rings. The average molecular weight is 727 g/mol. The second kappa shape index (κ2) is 15.1. The van der Waals surface area contributed by atoms with E-state index in [0.29, 0.717) is 66.3 Å². The minimum absolute atomic E-state index is 0.0171. The van der Waals surface area contributed by atoms with Crippen molar-refractivity contribution in [1.29, 1.82) is 0 Å². The Morgan fingerprint density at radius 1 is 1.00 bits per heavy atom. The Morgan fingerprint density at radius 2 is 1.79 bits per heavy atom. The van der Waals surface area contributed by atoms with Crippen LogP contribution in [0.25, 0.3) is 16.9 Å². The quantitative estimate of drug-likeness (QED) is 0.137. The third-order valence-corrected chi connectivity index (χ3v) is 10.4. The standard InChI is InChI=1S/C38H41F2N9O4/c1-3-26-19-27(5-6-28(26)36(50)45-20-24-10-17-49(2,18-11-24)23-25-9-15-47(22-25)38(51)52)46-34-35-44-21-30(48(35)16-14-41-34)29-7-8-31(33(40)32(29)39)53-37-42-12-4-13-43-37/h4-8,12-14,16,19,21,24-25H,3,9-11,15,17-18,20,22-23H2,1-2H3,(H2-,41,45,46,50,51,52)/p+1. The molecule has 2 saturated heterocycles. The van der Waals surface area contributed by atoms with Crippen molar-refractivity contribution in [2.75, 3.05) is 51.6 Å². The molecule has 53 heavy (non-hydrogen) atoms. The van der Waals surface area contributed by atoms with Crippen LogP contribution in [-0.2, 0) is 6.42 Å². The number of hydrogen-bond donors (Lipinski definition) is 3. The molecular weight excluding hydrogens is 684 g/mol. The number of aromatic nitrogens is 5. The Balaban J connectivity index is 0.981. The van der Waals surface area contributed by atoms with E-state index in [1.807, 2.05) is 19.1 Å². The van der Waals surface area contributed by atoms with Crippen molar-refractivity contribution in [2.24, 2.45) is 11.8 Å². The number of nitrogens with one attached hydrogen (secondary N) is 2. The summed E-state index contributed by atoms with van der Waals surface area (Å²) in [5, 5.41) is 15.7. The van der Waals surface area contributed by atoms with Gasteiger partial charge in [0.1, 0.15) is 0 Å². The van der Waals surface area contributed by atoms with Crippen molar-refractivity contribution in [2.45, 2.75) is 32.6 Å². The van der Waals surface area contributed by atoms with Crippen molar-refractivity contribution in [3.63, 3.8) is 0 Å². The highest BCUT2D eigenvalue weighted by Crippen LogP contribution is 2.33. The first-order valence-electron chi connectivity index (χ1n) is 17.9. The van der Waals surface area contributed by atoms with Gasteiger partial charge >= 0.3 is 12.1 Å². The fourth-order valence-electron chi connectivity index (χ4n) is 7.52. The Morgan fingerprint density at radius 3 is 2.53 bits per heavy atom. The molecule has 0 spiro atoms. The highest BCUT2D eigenvalue weighted by atomic mass is 19.2. The number of quaternary nitrogens is 1. The van der Waals surface area contributed by atoms with Gasteiger partial charge in [0.25, 0.3) is 5.91 Å². The van der Waals surface area contributed by atoms with Crippen molar-refractivity contribution >= 4 is 29.2 Å². The first-order valence-corrected chi connectivity index (χ1v) is 17.9. The number of nitrogens with zero attached hydrogens (tertiary/aromatic N) is 7. The van der Waals surface area contributed by atoms with Gasteiger partial charge in [0.15, 0.2) is 23.0 Å². The third kappa shape index (κ3) is 7.75. The Hall–Kier alpha value is -5.70. The molecule has 2 fully saturated rings. The van der Waals surface area contributed by atoms with Gasteiger partial charge in [0.2, 0.25) is 5.82 Å². The molecule has 2 aliphatic heterocycles. The van der Waals surface area contributed by atoms with Crippen LogP contribution < -0.4 is 15.4 Å². The van der Waals surface area contributed by atoms with Crippen LogP contribution >= 0.6 is 0 Å². The smallest absolute Gasteiger partial charge is 0.407 e. The SMILES string of the molecule is CCc1cc(Nc2nccn3c(-c4ccc(Oc5ncccn5)c(F)c4F)cnc23)ccc1C(=O)NCC1CC[N+](C)(CC2CCN(C(=O)O)C2)CC1. The summed E-state index contributed by atoms with van der Waals surface area (Å²) in [6.45, 7) is 6.86. The third-order valence-electron chi connectivity index (χ3n) is 10.4. The molecule has 3 N–H and O–H groups in total. The second-order valence-electron chi connectivity index (χ2n) is 14.1. The number of carbonyl (C=O) groups excluding carboxylic acids is 1. The zero-order valence-electron chi connectivity index (χ0n) is 29.6. The number of fused-ring (bicyclic) bond motifs is 1. The van der Waals surface area contributed by atoms with Crippen LogP contribution in [0.15, 0.2) is 67.4 Å². The van der Waals surface area contributed by atoms with E-state index >= 15 is 8.78 Å². The van der Waals surface area contributed by atoms with E-state index in [1.165, 1.54) is 41.8 Å². The van der Waals surface area contributed by atoms with Crippen LogP contribution in [0.1, 0.15) is 42.1 Å². The number of carboxylic acid groups (broad SMARTS) is 1. The number of piperidine rings is 1. The maximum Gasteiger partial charge on any atom is 0.407 e. The summed E-state index contributed by atoms with van der Waals surface area (Å²) in [6.07, 6.45) is 10.2. The summed E-state index contributed by atoms with van der Waals surface area (Å²) in [5.74, 6) is -1.56. The van der Waals surface area contributed by atoms with Gasteiger partial charge in [0, 0.05) is 80.0 Å². The number of halogens is 2. The number of anilines is 2. The number of imidazole rings is 1. The van der Waals surface area contributed by atoms with E-state index in [-0.39, 0.29) is 23.2 Å². The Labute approximate surface area is 305 Å². The molecule has 2 amide bonds. The van der Waals surface area contributed by atoms with Gasteiger partial charge in [-0.1, -0.05) is 6.92 Å². The van der Waals surface area contributed by atoms with E-state index in [2.05, 4.69) is 37.6 Å². The first kappa shape index (κ1) is 35.7. The molecule has 0 saturated carbocycles. The van der Waals surface area contributed by atoms with Gasteiger partial charge in [-0.25, -0.2) is 29.1 Å². The first-order chi connectivity index (χ1) is 25.6. The predicted molar refractivity (Wildman–Crippen MR) is 193 cm³/mol. The predicted octanol–water partition coefficient (Wildman–Crippen LogP) is 6.15. The number of amides is 2. The van der Waals surface area contributed by atoms with Crippen molar-refractivity contribution in [3.8, 4) is 23.0 Å². The Bertz CT molecular complexity index is 2120. The largest absolute Gasteiger partial charge is 0.465 e. The summed E-state index contributed by atoms with van der Waals surface area (Å²) < 4.78 is 38.3. The number of benzene rings is 2. The lowest BCUT2D eigenvalue weighted by Gasteiger charge is -2.42. The monoisotopic (exact) mass is 726 g/mol.